The van der Waals surface area contributed by atoms with E-state index in [2.05, 4.69) is 51.6 Å². The number of amides is 1. The van der Waals surface area contributed by atoms with Gasteiger partial charge in [-0.15, -0.1) is 0 Å². The molecule has 0 spiro atoms. The van der Waals surface area contributed by atoms with Crippen molar-refractivity contribution in [2.75, 3.05) is 26.2 Å². The molecule has 0 aliphatic carbocycles. The van der Waals surface area contributed by atoms with Gasteiger partial charge in [0, 0.05) is 51.7 Å². The summed E-state index contributed by atoms with van der Waals surface area (Å²) in [6.07, 6.45) is 4.27. The van der Waals surface area contributed by atoms with Crippen LogP contribution in [0.15, 0.2) is 85.2 Å². The predicted molar refractivity (Wildman–Crippen MR) is 135 cm³/mol. The number of hydrogen-bond acceptors (Lipinski definition) is 4. The first-order valence-electron chi connectivity index (χ1n) is 12.0. The Bertz CT molecular complexity index is 926. The van der Waals surface area contributed by atoms with Crippen LogP contribution in [0, 0.1) is 0 Å². The SMILES string of the molecule is CC.O=C(C(Cc1ccccc1)NCc1ccncc1)N1CCN(Cc2ccccc2)CC1. The van der Waals surface area contributed by atoms with E-state index >= 15 is 0 Å². The highest BCUT2D eigenvalue weighted by atomic mass is 16.2. The Kier molecular flexibility index (Phi) is 10.1. The first-order valence-corrected chi connectivity index (χ1v) is 12.0. The monoisotopic (exact) mass is 444 g/mol. The topological polar surface area (TPSA) is 48.5 Å². The lowest BCUT2D eigenvalue weighted by Crippen LogP contribution is -2.54. The number of hydrogen-bond donors (Lipinski definition) is 1. The molecule has 1 amide bonds. The largest absolute Gasteiger partial charge is 0.339 e. The van der Waals surface area contributed by atoms with Crippen LogP contribution in [0.2, 0.25) is 0 Å². The fourth-order valence-electron chi connectivity index (χ4n) is 4.03. The van der Waals surface area contributed by atoms with Gasteiger partial charge in [0.05, 0.1) is 6.04 Å². The summed E-state index contributed by atoms with van der Waals surface area (Å²) >= 11 is 0. The Morgan fingerprint density at radius 3 is 2.00 bits per heavy atom. The van der Waals surface area contributed by atoms with E-state index < -0.39 is 0 Å². The highest BCUT2D eigenvalue weighted by Gasteiger charge is 2.27. The molecule has 0 bridgehead atoms. The second kappa shape index (κ2) is 13.5. The van der Waals surface area contributed by atoms with Crippen LogP contribution >= 0.6 is 0 Å². The zero-order chi connectivity index (χ0) is 23.3. The normalized spacial score (nSPS) is 14.8. The van der Waals surface area contributed by atoms with Gasteiger partial charge < -0.3 is 10.2 Å². The third-order valence-corrected chi connectivity index (χ3v) is 5.82. The molecular weight excluding hydrogens is 408 g/mol. The van der Waals surface area contributed by atoms with Crippen molar-refractivity contribution in [2.45, 2.75) is 39.4 Å². The molecule has 1 unspecified atom stereocenters. The third kappa shape index (κ3) is 7.81. The third-order valence-electron chi connectivity index (χ3n) is 5.82. The lowest BCUT2D eigenvalue weighted by molar-refractivity contribution is -0.135. The number of nitrogens with zero attached hydrogens (tertiary/aromatic N) is 3. The smallest absolute Gasteiger partial charge is 0.240 e. The minimum Gasteiger partial charge on any atom is -0.339 e. The van der Waals surface area contributed by atoms with Gasteiger partial charge in [0.25, 0.3) is 0 Å². The fraction of sp³-hybridized carbons (Fsp3) is 0.357. The molecule has 1 atom stereocenters. The molecule has 1 saturated heterocycles. The van der Waals surface area contributed by atoms with Gasteiger partial charge in [-0.2, -0.15) is 0 Å². The summed E-state index contributed by atoms with van der Waals surface area (Å²) in [7, 11) is 0. The number of benzene rings is 2. The summed E-state index contributed by atoms with van der Waals surface area (Å²) in [6, 6.07) is 24.5. The highest BCUT2D eigenvalue weighted by Crippen LogP contribution is 2.12. The molecule has 1 fully saturated rings. The quantitative estimate of drug-likeness (QED) is 0.567. The summed E-state index contributed by atoms with van der Waals surface area (Å²) in [4.78, 5) is 21.9. The van der Waals surface area contributed by atoms with E-state index in [0.29, 0.717) is 13.0 Å². The molecule has 1 N–H and O–H groups in total. The van der Waals surface area contributed by atoms with Crippen molar-refractivity contribution >= 4 is 5.91 Å². The van der Waals surface area contributed by atoms with Crippen LogP contribution in [0.4, 0.5) is 0 Å². The van der Waals surface area contributed by atoms with Gasteiger partial charge >= 0.3 is 0 Å². The number of rotatable bonds is 8. The maximum absolute atomic E-state index is 13.4. The molecule has 2 heterocycles. The molecule has 5 nitrogen and oxygen atoms in total. The van der Waals surface area contributed by atoms with Crippen molar-refractivity contribution in [3.8, 4) is 0 Å². The lowest BCUT2D eigenvalue weighted by atomic mass is 10.0. The van der Waals surface area contributed by atoms with E-state index in [1.54, 1.807) is 12.4 Å². The van der Waals surface area contributed by atoms with Crippen LogP contribution in [-0.2, 0) is 24.3 Å². The molecule has 33 heavy (non-hydrogen) atoms. The molecule has 0 saturated carbocycles. The number of aromatic nitrogens is 1. The molecule has 3 aromatic rings. The van der Waals surface area contributed by atoms with E-state index in [9.17, 15) is 4.79 Å². The summed E-state index contributed by atoms with van der Waals surface area (Å²) in [6.45, 7) is 8.95. The standard InChI is InChI=1S/C26H30N4O.C2H6/c31-26(30-17-15-29(16-18-30)21-24-9-5-2-6-10-24)25(19-22-7-3-1-4-8-22)28-20-23-11-13-27-14-12-23;1-2/h1-14,25,28H,15-21H2;1-2H3. The lowest BCUT2D eigenvalue weighted by Gasteiger charge is -2.36. The zero-order valence-electron chi connectivity index (χ0n) is 19.9. The van der Waals surface area contributed by atoms with E-state index in [0.717, 1.165) is 38.3 Å². The summed E-state index contributed by atoms with van der Waals surface area (Å²) in [5, 5.41) is 3.50. The Morgan fingerprint density at radius 2 is 1.39 bits per heavy atom. The van der Waals surface area contributed by atoms with Crippen LogP contribution in [0.5, 0.6) is 0 Å². The number of nitrogens with one attached hydrogen (secondary N) is 1. The first-order chi connectivity index (χ1) is 16.3. The zero-order valence-corrected chi connectivity index (χ0v) is 19.9. The van der Waals surface area contributed by atoms with Crippen LogP contribution < -0.4 is 5.32 Å². The average molecular weight is 445 g/mol. The molecule has 1 aliphatic heterocycles. The van der Waals surface area contributed by atoms with Gasteiger partial charge in [0.2, 0.25) is 5.91 Å². The molecule has 1 aliphatic rings. The van der Waals surface area contributed by atoms with Crippen molar-refractivity contribution in [3.05, 3.63) is 102 Å². The summed E-state index contributed by atoms with van der Waals surface area (Å²) < 4.78 is 0. The van der Waals surface area contributed by atoms with Crippen molar-refractivity contribution < 1.29 is 4.79 Å². The van der Waals surface area contributed by atoms with Gasteiger partial charge in [0.15, 0.2) is 0 Å². The van der Waals surface area contributed by atoms with E-state index in [1.807, 2.05) is 55.1 Å². The molecule has 1 aromatic heterocycles. The van der Waals surface area contributed by atoms with Crippen LogP contribution in [0.25, 0.3) is 0 Å². The van der Waals surface area contributed by atoms with E-state index in [-0.39, 0.29) is 11.9 Å². The summed E-state index contributed by atoms with van der Waals surface area (Å²) in [5.74, 6) is 0.192. The van der Waals surface area contributed by atoms with Gasteiger partial charge in [-0.05, 0) is 35.2 Å². The van der Waals surface area contributed by atoms with Gasteiger partial charge in [-0.25, -0.2) is 0 Å². The molecule has 4 rings (SSSR count). The highest BCUT2D eigenvalue weighted by molar-refractivity contribution is 5.82. The van der Waals surface area contributed by atoms with Crippen LogP contribution in [0.1, 0.15) is 30.5 Å². The second-order valence-electron chi connectivity index (χ2n) is 8.07. The Labute approximate surface area is 198 Å². The van der Waals surface area contributed by atoms with Gasteiger partial charge in [-0.1, -0.05) is 74.5 Å². The molecular formula is C28H36N4O. The average Bonchev–Trinajstić information content (AvgIpc) is 2.89. The number of carbonyl (C=O) groups excluding carboxylic acids is 1. The second-order valence-corrected chi connectivity index (χ2v) is 8.07. The Hall–Kier alpha value is -3.02. The van der Waals surface area contributed by atoms with Crippen molar-refractivity contribution in [1.29, 1.82) is 0 Å². The van der Waals surface area contributed by atoms with Gasteiger partial charge in [-0.3, -0.25) is 14.7 Å². The number of pyridine rings is 1. The fourth-order valence-corrected chi connectivity index (χ4v) is 4.03. The van der Waals surface area contributed by atoms with Crippen molar-refractivity contribution in [1.82, 2.24) is 20.1 Å². The van der Waals surface area contributed by atoms with E-state index in [4.69, 9.17) is 0 Å². The number of carbonyl (C=O) groups is 1. The van der Waals surface area contributed by atoms with Crippen molar-refractivity contribution in [3.63, 3.8) is 0 Å². The van der Waals surface area contributed by atoms with Gasteiger partial charge in [0.1, 0.15) is 0 Å². The Morgan fingerprint density at radius 1 is 0.818 bits per heavy atom. The first kappa shape index (κ1) is 24.6. The molecule has 5 heteroatoms. The molecule has 2 aromatic carbocycles. The molecule has 0 radical (unpaired) electrons. The maximum atomic E-state index is 13.4. The van der Waals surface area contributed by atoms with Crippen molar-refractivity contribution in [2.24, 2.45) is 0 Å². The minimum absolute atomic E-state index is 0.192. The maximum Gasteiger partial charge on any atom is 0.240 e. The van der Waals surface area contributed by atoms with E-state index in [1.165, 1.54) is 11.1 Å². The van der Waals surface area contributed by atoms with Crippen LogP contribution in [0.3, 0.4) is 0 Å². The Balaban J connectivity index is 0.00000149. The van der Waals surface area contributed by atoms with Crippen LogP contribution in [-0.4, -0.2) is 52.9 Å². The number of piperazine rings is 1. The summed E-state index contributed by atoms with van der Waals surface area (Å²) in [5.41, 5.74) is 3.63. The minimum atomic E-state index is -0.240. The molecule has 174 valence electrons. The predicted octanol–water partition coefficient (Wildman–Crippen LogP) is 4.15.